The van der Waals surface area contributed by atoms with Gasteiger partial charge in [-0.15, -0.1) is 0 Å². The summed E-state index contributed by atoms with van der Waals surface area (Å²) in [7, 11) is 0. The first kappa shape index (κ1) is 21.7. The van der Waals surface area contributed by atoms with E-state index in [4.69, 9.17) is 11.5 Å². The molecule has 3 aromatic carbocycles. The lowest BCUT2D eigenvalue weighted by atomic mass is 9.96. The van der Waals surface area contributed by atoms with E-state index < -0.39 is 17.5 Å². The topological polar surface area (TPSA) is 106 Å². The van der Waals surface area contributed by atoms with Gasteiger partial charge in [-0.1, -0.05) is 18.2 Å². The second-order valence-corrected chi connectivity index (χ2v) is 7.56. The van der Waals surface area contributed by atoms with E-state index in [0.29, 0.717) is 11.3 Å². The van der Waals surface area contributed by atoms with Crippen molar-refractivity contribution in [1.82, 2.24) is 4.57 Å². The summed E-state index contributed by atoms with van der Waals surface area (Å²) in [5, 5.41) is 12.7. The van der Waals surface area contributed by atoms with Crippen molar-refractivity contribution in [2.24, 2.45) is 11.5 Å². The molecule has 1 heterocycles. The molecule has 0 radical (unpaired) electrons. The first-order valence-electron chi connectivity index (χ1n) is 10.2. The second kappa shape index (κ2) is 8.92. The Morgan fingerprint density at radius 1 is 1.03 bits per heavy atom. The molecule has 1 aromatic heterocycles. The molecule has 166 valence electrons. The molecule has 6 N–H and O–H groups in total. The van der Waals surface area contributed by atoms with Gasteiger partial charge in [-0.25, -0.2) is 4.39 Å². The first-order chi connectivity index (χ1) is 15.9. The Bertz CT molecular complexity index is 1360. The minimum atomic E-state index is -0.710. The molecule has 4 aromatic rings. The number of nitrogens with two attached hydrogens (primary N) is 2. The summed E-state index contributed by atoms with van der Waals surface area (Å²) in [5.74, 6) is -1.63. The third kappa shape index (κ3) is 4.29. The van der Waals surface area contributed by atoms with Gasteiger partial charge >= 0.3 is 0 Å². The van der Waals surface area contributed by atoms with Crippen LogP contribution in [-0.2, 0) is 0 Å². The van der Waals surface area contributed by atoms with E-state index in [1.807, 2.05) is 54.1 Å². The van der Waals surface area contributed by atoms with Crippen molar-refractivity contribution in [3.8, 4) is 33.8 Å². The number of nitrogens with zero attached hydrogens (tertiary/aromatic N) is 1. The monoisotopic (exact) mass is 442 g/mol. The van der Waals surface area contributed by atoms with Gasteiger partial charge in [0, 0.05) is 52.7 Å². The number of anilines is 1. The van der Waals surface area contributed by atoms with Crippen LogP contribution < -0.4 is 16.8 Å². The Morgan fingerprint density at radius 2 is 1.79 bits per heavy atom. The number of primary amides is 1. The molecule has 0 fully saturated rings. The van der Waals surface area contributed by atoms with Crippen molar-refractivity contribution < 1.29 is 14.3 Å². The van der Waals surface area contributed by atoms with Gasteiger partial charge in [0.15, 0.2) is 11.6 Å². The van der Waals surface area contributed by atoms with Crippen LogP contribution in [0.5, 0.6) is 5.75 Å². The second-order valence-electron chi connectivity index (χ2n) is 7.56. The van der Waals surface area contributed by atoms with Crippen molar-refractivity contribution in [3.63, 3.8) is 0 Å². The highest BCUT2D eigenvalue weighted by Gasteiger charge is 2.18. The van der Waals surface area contributed by atoms with Crippen molar-refractivity contribution in [2.45, 2.75) is 6.92 Å². The van der Waals surface area contributed by atoms with Crippen LogP contribution in [0.15, 0.2) is 85.3 Å². The number of aromatic nitrogens is 1. The Kier molecular flexibility index (Phi) is 5.87. The lowest BCUT2D eigenvalue weighted by Crippen LogP contribution is -2.11. The number of carbonyl (C=O) groups excluding carboxylic acids is 1. The predicted molar refractivity (Wildman–Crippen MR) is 128 cm³/mol. The van der Waals surface area contributed by atoms with Gasteiger partial charge in [-0.05, 0) is 60.5 Å². The molecule has 0 bridgehead atoms. The van der Waals surface area contributed by atoms with Crippen molar-refractivity contribution >= 4 is 11.6 Å². The Labute approximate surface area is 190 Å². The fourth-order valence-electron chi connectivity index (χ4n) is 3.77. The van der Waals surface area contributed by atoms with Gasteiger partial charge in [-0.3, -0.25) is 4.79 Å². The summed E-state index contributed by atoms with van der Waals surface area (Å²) < 4.78 is 16.0. The number of hydrogen-bond donors (Lipinski definition) is 4. The zero-order chi connectivity index (χ0) is 23.5. The van der Waals surface area contributed by atoms with Crippen LogP contribution in [0.3, 0.4) is 0 Å². The minimum absolute atomic E-state index is 0.412. The minimum Gasteiger partial charge on any atom is -0.505 e. The molecule has 6 nitrogen and oxygen atoms in total. The summed E-state index contributed by atoms with van der Waals surface area (Å²) in [5.41, 5.74) is 17.1. The van der Waals surface area contributed by atoms with Gasteiger partial charge in [0.2, 0.25) is 5.91 Å². The molecule has 0 aliphatic carbocycles. The smallest absolute Gasteiger partial charge is 0.248 e. The molecule has 4 rings (SSSR count). The zero-order valence-electron chi connectivity index (χ0n) is 17.9. The number of amides is 1. The number of nitrogens with one attached hydrogen (secondary N) is 1. The third-order valence-corrected chi connectivity index (χ3v) is 5.40. The lowest BCUT2D eigenvalue weighted by Gasteiger charge is -2.16. The van der Waals surface area contributed by atoms with Crippen LogP contribution in [0, 0.1) is 12.7 Å². The maximum absolute atomic E-state index is 14.2. The molecule has 0 atom stereocenters. The average Bonchev–Trinajstić information content (AvgIpc) is 3.24. The highest BCUT2D eigenvalue weighted by Crippen LogP contribution is 2.38. The molecule has 0 spiro atoms. The van der Waals surface area contributed by atoms with E-state index in [0.717, 1.165) is 33.6 Å². The molecule has 33 heavy (non-hydrogen) atoms. The van der Waals surface area contributed by atoms with Crippen LogP contribution in [0.4, 0.5) is 10.1 Å². The fourth-order valence-corrected chi connectivity index (χ4v) is 3.77. The molecule has 1 amide bonds. The van der Waals surface area contributed by atoms with Crippen molar-refractivity contribution in [1.29, 1.82) is 0 Å². The van der Waals surface area contributed by atoms with E-state index in [2.05, 4.69) is 5.32 Å². The normalized spacial score (nSPS) is 11.1. The van der Waals surface area contributed by atoms with Gasteiger partial charge in [0.05, 0.1) is 5.69 Å². The highest BCUT2D eigenvalue weighted by molar-refractivity contribution is 5.94. The molecule has 0 aliphatic rings. The third-order valence-electron chi connectivity index (χ3n) is 5.40. The van der Waals surface area contributed by atoms with Crippen molar-refractivity contribution in [2.75, 3.05) is 5.32 Å². The standard InChI is InChI=1S/C26H23FN4O2/c1-16-14-18(26(29)33)4-8-21(16)25-22(17-2-5-19(6-3-17)30-12-11-28)10-13-31(25)20-7-9-24(32)23(27)15-20/h2-15,30,32H,28H2,1H3,(H2,29,33)/b12-11-. The first-order valence-corrected chi connectivity index (χ1v) is 10.2. The van der Waals surface area contributed by atoms with E-state index >= 15 is 0 Å². The summed E-state index contributed by atoms with van der Waals surface area (Å²) >= 11 is 0. The Hall–Kier alpha value is -4.52. The highest BCUT2D eigenvalue weighted by atomic mass is 19.1. The summed E-state index contributed by atoms with van der Waals surface area (Å²) in [6, 6.07) is 19.3. The summed E-state index contributed by atoms with van der Waals surface area (Å²) in [4.78, 5) is 11.6. The summed E-state index contributed by atoms with van der Waals surface area (Å²) in [6.07, 6.45) is 4.91. The number of rotatable bonds is 6. The van der Waals surface area contributed by atoms with Crippen LogP contribution in [0.1, 0.15) is 15.9 Å². The average molecular weight is 442 g/mol. The zero-order valence-corrected chi connectivity index (χ0v) is 17.9. The molecule has 0 saturated heterocycles. The van der Waals surface area contributed by atoms with E-state index in [9.17, 15) is 14.3 Å². The number of aromatic hydroxyl groups is 1. The molecule has 0 unspecified atom stereocenters. The molecule has 0 aliphatic heterocycles. The molecular formula is C26H23FN4O2. The maximum atomic E-state index is 14.2. The SMILES string of the molecule is Cc1cc(C(N)=O)ccc1-c1c(-c2ccc(N/C=C\N)cc2)ccn1-c1ccc(O)c(F)c1. The van der Waals surface area contributed by atoms with Crippen LogP contribution in [0.2, 0.25) is 0 Å². The van der Waals surface area contributed by atoms with Gasteiger partial charge in [0.1, 0.15) is 0 Å². The van der Waals surface area contributed by atoms with Gasteiger partial charge in [0.25, 0.3) is 0 Å². The molecule has 7 heteroatoms. The van der Waals surface area contributed by atoms with Gasteiger partial charge < -0.3 is 26.5 Å². The van der Waals surface area contributed by atoms with Gasteiger partial charge in [-0.2, -0.15) is 0 Å². The number of aryl methyl sites for hydroxylation is 1. The van der Waals surface area contributed by atoms with Crippen LogP contribution in [0.25, 0.3) is 28.1 Å². The van der Waals surface area contributed by atoms with Crippen LogP contribution in [-0.4, -0.2) is 15.6 Å². The number of phenolic OH excluding ortho intramolecular Hbond substituents is 1. The van der Waals surface area contributed by atoms with E-state index in [1.54, 1.807) is 24.4 Å². The Balaban J connectivity index is 1.90. The Morgan fingerprint density at radius 3 is 2.42 bits per heavy atom. The summed E-state index contributed by atoms with van der Waals surface area (Å²) in [6.45, 7) is 1.90. The molecule has 0 saturated carbocycles. The number of benzene rings is 3. The quantitative estimate of drug-likeness (QED) is 0.341. The lowest BCUT2D eigenvalue weighted by molar-refractivity contribution is 0.1000. The fraction of sp³-hybridized carbons (Fsp3) is 0.0385. The number of halogens is 1. The number of carbonyl (C=O) groups is 1. The van der Waals surface area contributed by atoms with E-state index in [-0.39, 0.29) is 0 Å². The predicted octanol–water partition coefficient (Wildman–Crippen LogP) is 4.91. The van der Waals surface area contributed by atoms with E-state index in [1.165, 1.54) is 18.3 Å². The largest absolute Gasteiger partial charge is 0.505 e. The number of hydrogen-bond acceptors (Lipinski definition) is 4. The van der Waals surface area contributed by atoms with Crippen molar-refractivity contribution in [3.05, 3.63) is 102 Å². The number of phenols is 1. The molecular weight excluding hydrogens is 419 g/mol. The maximum Gasteiger partial charge on any atom is 0.248 e. The van der Waals surface area contributed by atoms with Crippen LogP contribution >= 0.6 is 0 Å².